The molecule has 7 nitrogen and oxygen atoms in total. The van der Waals surface area contributed by atoms with Crippen LogP contribution >= 0.6 is 11.3 Å². The Morgan fingerprint density at radius 3 is 2.59 bits per heavy atom. The van der Waals surface area contributed by atoms with E-state index in [0.29, 0.717) is 5.69 Å². The predicted molar refractivity (Wildman–Crippen MR) is 114 cm³/mol. The molecule has 4 N–H and O–H groups in total. The maximum Gasteiger partial charge on any atom is 0.271 e. The second-order valence-corrected chi connectivity index (χ2v) is 9.33. The Labute approximate surface area is 171 Å². The monoisotopic (exact) mass is 427 g/mol. The van der Waals surface area contributed by atoms with Gasteiger partial charge in [0.2, 0.25) is 0 Å². The van der Waals surface area contributed by atoms with Gasteiger partial charge < -0.3 is 15.4 Å². The summed E-state index contributed by atoms with van der Waals surface area (Å²) in [5.74, 6) is -0.825. The average Bonchev–Trinajstić information content (AvgIpc) is 3.30. The second-order valence-electron chi connectivity index (χ2n) is 6.48. The predicted octanol–water partition coefficient (Wildman–Crippen LogP) is 4.30. The van der Waals surface area contributed by atoms with Crippen molar-refractivity contribution in [1.29, 1.82) is 0 Å². The number of aromatic amines is 1. The van der Waals surface area contributed by atoms with Crippen molar-refractivity contribution >= 4 is 49.5 Å². The summed E-state index contributed by atoms with van der Waals surface area (Å²) in [7, 11) is -3.73. The van der Waals surface area contributed by atoms with E-state index in [0.717, 1.165) is 27.9 Å². The molecule has 0 spiro atoms. The lowest BCUT2D eigenvalue weighted by Crippen LogP contribution is -2.14. The first-order chi connectivity index (χ1) is 13.8. The number of anilines is 2. The van der Waals surface area contributed by atoms with Crippen molar-refractivity contribution in [2.75, 3.05) is 10.0 Å². The van der Waals surface area contributed by atoms with Gasteiger partial charge in [0.05, 0.1) is 11.3 Å². The number of thiophene rings is 1. The van der Waals surface area contributed by atoms with E-state index < -0.39 is 15.9 Å². The third kappa shape index (κ3) is 3.96. The van der Waals surface area contributed by atoms with Crippen LogP contribution in [0.3, 0.4) is 0 Å². The van der Waals surface area contributed by atoms with Gasteiger partial charge in [0, 0.05) is 28.4 Å². The van der Waals surface area contributed by atoms with E-state index in [1.807, 2.05) is 25.1 Å². The number of carbonyl (C=O) groups excluding carboxylic acids is 1. The Balaban J connectivity index is 1.53. The normalized spacial score (nSPS) is 11.5. The molecule has 2 heterocycles. The molecule has 0 radical (unpaired) electrons. The van der Waals surface area contributed by atoms with Crippen LogP contribution in [-0.2, 0) is 10.0 Å². The zero-order valence-corrected chi connectivity index (χ0v) is 16.9. The molecule has 29 heavy (non-hydrogen) atoms. The van der Waals surface area contributed by atoms with Gasteiger partial charge in [0.1, 0.15) is 9.96 Å². The van der Waals surface area contributed by atoms with E-state index in [-0.39, 0.29) is 21.2 Å². The number of benzene rings is 2. The lowest BCUT2D eigenvalue weighted by atomic mass is 10.1. The fourth-order valence-electron chi connectivity index (χ4n) is 2.96. The summed E-state index contributed by atoms with van der Waals surface area (Å²) in [6, 6.07) is 14.5. The number of amides is 1. The van der Waals surface area contributed by atoms with Crippen LogP contribution in [-0.4, -0.2) is 24.4 Å². The Kier molecular flexibility index (Phi) is 4.77. The van der Waals surface area contributed by atoms with E-state index >= 15 is 0 Å². The van der Waals surface area contributed by atoms with Crippen molar-refractivity contribution in [3.8, 4) is 5.75 Å². The third-order valence-corrected chi connectivity index (χ3v) is 7.05. The number of hydrogen-bond acceptors (Lipinski definition) is 5. The van der Waals surface area contributed by atoms with Crippen LogP contribution in [0.25, 0.3) is 10.9 Å². The van der Waals surface area contributed by atoms with E-state index in [9.17, 15) is 18.3 Å². The standard InChI is InChI=1S/C20H17N3O4S2/c1-12-9-13-10-14(5-7-17(13)21-12)22-20(25)16-6-4-15(11-18(16)24)23-29(26,27)19-3-2-8-28-19/h2-11,21,23-24H,1H3,(H,22,25). The van der Waals surface area contributed by atoms with Crippen LogP contribution in [0.1, 0.15) is 16.1 Å². The minimum atomic E-state index is -3.73. The molecule has 0 atom stereocenters. The highest BCUT2D eigenvalue weighted by Crippen LogP contribution is 2.27. The molecule has 2 aromatic heterocycles. The number of H-pyrrole nitrogens is 1. The lowest BCUT2D eigenvalue weighted by Gasteiger charge is -2.10. The maximum absolute atomic E-state index is 12.5. The van der Waals surface area contributed by atoms with Crippen LogP contribution in [0.5, 0.6) is 5.75 Å². The highest BCUT2D eigenvalue weighted by Gasteiger charge is 2.17. The zero-order chi connectivity index (χ0) is 20.6. The van der Waals surface area contributed by atoms with Gasteiger partial charge >= 0.3 is 0 Å². The molecular formula is C20H17N3O4S2. The van der Waals surface area contributed by atoms with Gasteiger partial charge in [0.15, 0.2) is 0 Å². The van der Waals surface area contributed by atoms with Gasteiger partial charge in [-0.1, -0.05) is 6.07 Å². The molecule has 0 saturated heterocycles. The van der Waals surface area contributed by atoms with Gasteiger partial charge in [-0.3, -0.25) is 9.52 Å². The highest BCUT2D eigenvalue weighted by molar-refractivity contribution is 7.94. The lowest BCUT2D eigenvalue weighted by molar-refractivity contribution is 0.102. The quantitative estimate of drug-likeness (QED) is 0.380. The molecule has 2 aromatic carbocycles. The number of nitrogens with one attached hydrogen (secondary N) is 3. The van der Waals surface area contributed by atoms with Crippen LogP contribution in [0.4, 0.5) is 11.4 Å². The Morgan fingerprint density at radius 1 is 1.07 bits per heavy atom. The van der Waals surface area contributed by atoms with Gasteiger partial charge in [-0.05, 0) is 54.8 Å². The van der Waals surface area contributed by atoms with Gasteiger partial charge in [-0.15, -0.1) is 11.3 Å². The van der Waals surface area contributed by atoms with Crippen LogP contribution in [0.2, 0.25) is 0 Å². The fourth-order valence-corrected chi connectivity index (χ4v) is 5.01. The molecule has 4 rings (SSSR count). The molecule has 0 bridgehead atoms. The van der Waals surface area contributed by atoms with E-state index in [4.69, 9.17) is 0 Å². The van der Waals surface area contributed by atoms with Crippen LogP contribution in [0, 0.1) is 6.92 Å². The van der Waals surface area contributed by atoms with Gasteiger partial charge in [-0.2, -0.15) is 0 Å². The number of sulfonamides is 1. The summed E-state index contributed by atoms with van der Waals surface area (Å²) < 4.78 is 27.1. The van der Waals surface area contributed by atoms with Crippen molar-refractivity contribution in [3.63, 3.8) is 0 Å². The number of phenolic OH excluding ortho intramolecular Hbond substituents is 1. The van der Waals surface area contributed by atoms with Crippen molar-refractivity contribution in [1.82, 2.24) is 4.98 Å². The van der Waals surface area contributed by atoms with Crippen molar-refractivity contribution in [3.05, 3.63) is 71.2 Å². The summed E-state index contributed by atoms with van der Waals surface area (Å²) in [6.45, 7) is 1.95. The maximum atomic E-state index is 12.5. The molecule has 4 aromatic rings. The summed E-state index contributed by atoms with van der Waals surface area (Å²) >= 11 is 1.09. The molecule has 9 heteroatoms. The topological polar surface area (TPSA) is 111 Å². The fraction of sp³-hybridized carbons (Fsp3) is 0.0500. The Hall–Kier alpha value is -3.30. The number of rotatable bonds is 5. The summed E-state index contributed by atoms with van der Waals surface area (Å²) in [4.78, 5) is 15.8. The van der Waals surface area contributed by atoms with Gasteiger partial charge in [0.25, 0.3) is 15.9 Å². The summed E-state index contributed by atoms with van der Waals surface area (Å²) in [5.41, 5.74) is 2.77. The first-order valence-corrected chi connectivity index (χ1v) is 11.0. The first-order valence-electron chi connectivity index (χ1n) is 8.62. The Morgan fingerprint density at radius 2 is 1.86 bits per heavy atom. The number of carbonyl (C=O) groups is 1. The molecular weight excluding hydrogens is 410 g/mol. The molecule has 0 saturated carbocycles. The first kappa shape index (κ1) is 19.0. The smallest absolute Gasteiger partial charge is 0.271 e. The highest BCUT2D eigenvalue weighted by atomic mass is 32.2. The van der Waals surface area contributed by atoms with Gasteiger partial charge in [-0.25, -0.2) is 8.42 Å². The zero-order valence-electron chi connectivity index (χ0n) is 15.3. The molecule has 0 fully saturated rings. The molecule has 0 aliphatic rings. The molecule has 0 aliphatic heterocycles. The largest absolute Gasteiger partial charge is 0.507 e. The van der Waals surface area contributed by atoms with Crippen molar-refractivity contribution < 1.29 is 18.3 Å². The number of aromatic nitrogens is 1. The van der Waals surface area contributed by atoms with Crippen molar-refractivity contribution in [2.24, 2.45) is 0 Å². The molecule has 0 aliphatic carbocycles. The minimum absolute atomic E-state index is 0.0365. The second kappa shape index (κ2) is 7.26. The van der Waals surface area contributed by atoms with Crippen LogP contribution in [0.15, 0.2) is 64.2 Å². The number of fused-ring (bicyclic) bond motifs is 1. The molecule has 1 amide bonds. The summed E-state index contributed by atoms with van der Waals surface area (Å²) in [6.07, 6.45) is 0. The van der Waals surface area contributed by atoms with E-state index in [1.54, 1.807) is 17.5 Å². The third-order valence-electron chi connectivity index (χ3n) is 4.27. The number of aryl methyl sites for hydroxylation is 1. The number of aromatic hydroxyl groups is 1. The van der Waals surface area contributed by atoms with E-state index in [1.165, 1.54) is 24.3 Å². The SMILES string of the molecule is Cc1cc2cc(NC(=O)c3ccc(NS(=O)(=O)c4cccs4)cc3O)ccc2[nH]1. The summed E-state index contributed by atoms with van der Waals surface area (Å²) in [5, 5.41) is 15.6. The number of hydrogen-bond donors (Lipinski definition) is 4. The Bertz CT molecular complexity index is 1310. The van der Waals surface area contributed by atoms with Crippen molar-refractivity contribution in [2.45, 2.75) is 11.1 Å². The van der Waals surface area contributed by atoms with E-state index in [2.05, 4.69) is 15.0 Å². The molecule has 0 unspecified atom stereocenters. The molecule has 148 valence electrons. The minimum Gasteiger partial charge on any atom is -0.507 e. The van der Waals surface area contributed by atoms with Crippen LogP contribution < -0.4 is 10.0 Å². The number of phenols is 1. The average molecular weight is 428 g/mol.